The third-order valence-electron chi connectivity index (χ3n) is 3.63. The van der Waals surface area contributed by atoms with E-state index in [0.29, 0.717) is 31.6 Å². The van der Waals surface area contributed by atoms with Gasteiger partial charge in [-0.05, 0) is 25.7 Å². The van der Waals surface area contributed by atoms with Crippen molar-refractivity contribution >= 4 is 5.95 Å². The maximum atomic E-state index is 12.3. The highest BCUT2D eigenvalue weighted by Gasteiger charge is 2.24. The first kappa shape index (κ1) is 13.8. The maximum Gasteiger partial charge on any atom is 0.355 e. The molecule has 0 unspecified atom stereocenters. The zero-order valence-electron chi connectivity index (χ0n) is 11.5. The molecule has 1 fully saturated rings. The molecule has 1 aromatic rings. The number of nitrogens with zero attached hydrogens (tertiary/aromatic N) is 4. The van der Waals surface area contributed by atoms with E-state index >= 15 is 0 Å². The van der Waals surface area contributed by atoms with Gasteiger partial charge in [-0.3, -0.25) is 4.57 Å². The molecule has 0 bridgehead atoms. The second kappa shape index (κ2) is 5.16. The Morgan fingerprint density at radius 2 is 1.79 bits per heavy atom. The fourth-order valence-corrected chi connectivity index (χ4v) is 2.57. The third-order valence-corrected chi connectivity index (χ3v) is 3.63. The van der Waals surface area contributed by atoms with Gasteiger partial charge in [0.2, 0.25) is 5.95 Å². The summed E-state index contributed by atoms with van der Waals surface area (Å²) >= 11 is 0. The van der Waals surface area contributed by atoms with Gasteiger partial charge in [0.05, 0.1) is 6.10 Å². The Morgan fingerprint density at radius 3 is 2.32 bits per heavy atom. The molecule has 0 radical (unpaired) electrons. The Kier molecular flexibility index (Phi) is 3.75. The molecule has 1 aliphatic carbocycles. The normalized spacial score (nSPS) is 23.4. The van der Waals surface area contributed by atoms with E-state index in [1.54, 1.807) is 26.0 Å². The minimum Gasteiger partial charge on any atom is -0.393 e. The standard InChI is InChI=1S/C12H20N4O3/c1-14(2)10-13-11(18)16(12(19)15(10)3)8-4-6-9(17)7-5-8/h8-9,17H,4-7H2,1-3H3. The SMILES string of the molecule is CN(C)c1nc(=O)n(C2CCC(O)CC2)c(=O)n1C. The van der Waals surface area contributed by atoms with Crippen molar-refractivity contribution in [1.29, 1.82) is 0 Å². The molecule has 1 heterocycles. The van der Waals surface area contributed by atoms with Crippen LogP contribution in [0.3, 0.4) is 0 Å². The van der Waals surface area contributed by atoms with E-state index in [4.69, 9.17) is 0 Å². The Balaban J connectivity index is 2.45. The number of rotatable bonds is 2. The Morgan fingerprint density at radius 1 is 1.21 bits per heavy atom. The summed E-state index contributed by atoms with van der Waals surface area (Å²) in [5.74, 6) is 0.349. The summed E-state index contributed by atoms with van der Waals surface area (Å²) in [5.41, 5.74) is -0.849. The van der Waals surface area contributed by atoms with Gasteiger partial charge in [0.15, 0.2) is 0 Å². The molecule has 0 saturated heterocycles. The maximum absolute atomic E-state index is 12.3. The number of aliphatic hydroxyl groups is 1. The first-order valence-electron chi connectivity index (χ1n) is 6.46. The van der Waals surface area contributed by atoms with Crippen LogP contribution in [0, 0.1) is 0 Å². The third kappa shape index (κ3) is 2.56. The van der Waals surface area contributed by atoms with Crippen LogP contribution in [-0.4, -0.2) is 39.4 Å². The van der Waals surface area contributed by atoms with Gasteiger partial charge in [0.1, 0.15) is 0 Å². The van der Waals surface area contributed by atoms with Crippen molar-refractivity contribution in [3.63, 3.8) is 0 Å². The molecule has 0 atom stereocenters. The molecule has 7 heteroatoms. The highest BCUT2D eigenvalue weighted by molar-refractivity contribution is 5.25. The summed E-state index contributed by atoms with van der Waals surface area (Å²) in [6.45, 7) is 0. The molecule has 0 amide bonds. The van der Waals surface area contributed by atoms with Crippen LogP contribution in [0.5, 0.6) is 0 Å². The van der Waals surface area contributed by atoms with E-state index in [-0.39, 0.29) is 17.8 Å². The molecule has 1 saturated carbocycles. The van der Waals surface area contributed by atoms with Crippen LogP contribution in [0.1, 0.15) is 31.7 Å². The molecule has 0 aromatic carbocycles. The van der Waals surface area contributed by atoms with Crippen LogP contribution in [0.4, 0.5) is 5.95 Å². The van der Waals surface area contributed by atoms with E-state index < -0.39 is 5.69 Å². The topological polar surface area (TPSA) is 80.4 Å². The Bertz CT molecular complexity index is 567. The number of hydrogen-bond acceptors (Lipinski definition) is 5. The molecular formula is C12H20N4O3. The quantitative estimate of drug-likeness (QED) is 0.781. The molecule has 7 nitrogen and oxygen atoms in total. The van der Waals surface area contributed by atoms with Crippen molar-refractivity contribution in [1.82, 2.24) is 14.1 Å². The van der Waals surface area contributed by atoms with Crippen molar-refractivity contribution in [2.45, 2.75) is 37.8 Å². The van der Waals surface area contributed by atoms with Crippen LogP contribution in [0.2, 0.25) is 0 Å². The van der Waals surface area contributed by atoms with Crippen LogP contribution in [0.25, 0.3) is 0 Å². The van der Waals surface area contributed by atoms with E-state index in [1.807, 2.05) is 0 Å². The van der Waals surface area contributed by atoms with Crippen molar-refractivity contribution in [3.8, 4) is 0 Å². The second-order valence-corrected chi connectivity index (χ2v) is 5.26. The molecule has 0 spiro atoms. The van der Waals surface area contributed by atoms with Gasteiger partial charge in [-0.1, -0.05) is 0 Å². The first-order valence-corrected chi connectivity index (χ1v) is 6.46. The molecule has 1 N–H and O–H groups in total. The van der Waals surface area contributed by atoms with Gasteiger partial charge in [-0.15, -0.1) is 0 Å². The van der Waals surface area contributed by atoms with Gasteiger partial charge in [-0.25, -0.2) is 14.2 Å². The zero-order valence-corrected chi connectivity index (χ0v) is 11.5. The first-order chi connectivity index (χ1) is 8.91. The van der Waals surface area contributed by atoms with E-state index in [0.717, 1.165) is 0 Å². The van der Waals surface area contributed by atoms with E-state index in [9.17, 15) is 14.7 Å². The Labute approximate surface area is 111 Å². The second-order valence-electron chi connectivity index (χ2n) is 5.26. The molecule has 19 heavy (non-hydrogen) atoms. The summed E-state index contributed by atoms with van der Waals surface area (Å²) in [6.07, 6.45) is 2.20. The van der Waals surface area contributed by atoms with Gasteiger partial charge in [0, 0.05) is 27.2 Å². The number of hydrogen-bond donors (Lipinski definition) is 1. The van der Waals surface area contributed by atoms with Crippen LogP contribution >= 0.6 is 0 Å². The lowest BCUT2D eigenvalue weighted by atomic mass is 9.93. The minimum absolute atomic E-state index is 0.154. The fraction of sp³-hybridized carbons (Fsp3) is 0.750. The summed E-state index contributed by atoms with van der Waals surface area (Å²) in [4.78, 5) is 29.9. The molecule has 1 aromatic heterocycles. The average molecular weight is 268 g/mol. The molecule has 0 aliphatic heterocycles. The van der Waals surface area contributed by atoms with Crippen LogP contribution in [-0.2, 0) is 7.05 Å². The highest BCUT2D eigenvalue weighted by atomic mass is 16.3. The molecule has 2 rings (SSSR count). The van der Waals surface area contributed by atoms with Gasteiger partial charge in [-0.2, -0.15) is 4.98 Å². The largest absolute Gasteiger partial charge is 0.393 e. The lowest BCUT2D eigenvalue weighted by molar-refractivity contribution is 0.108. The van der Waals surface area contributed by atoms with E-state index in [1.165, 1.54) is 9.13 Å². The smallest absolute Gasteiger partial charge is 0.355 e. The van der Waals surface area contributed by atoms with Crippen molar-refractivity contribution < 1.29 is 5.11 Å². The monoisotopic (exact) mass is 268 g/mol. The molecular weight excluding hydrogens is 248 g/mol. The average Bonchev–Trinajstić information content (AvgIpc) is 2.36. The van der Waals surface area contributed by atoms with Crippen molar-refractivity contribution in [2.24, 2.45) is 7.05 Å². The fourth-order valence-electron chi connectivity index (χ4n) is 2.57. The van der Waals surface area contributed by atoms with Gasteiger partial charge >= 0.3 is 11.4 Å². The molecule has 1 aliphatic rings. The van der Waals surface area contributed by atoms with Crippen LogP contribution in [0.15, 0.2) is 9.59 Å². The number of anilines is 1. The summed E-state index contributed by atoms with van der Waals surface area (Å²) in [6, 6.07) is -0.154. The predicted molar refractivity (Wildman–Crippen MR) is 71.6 cm³/mol. The van der Waals surface area contributed by atoms with Crippen molar-refractivity contribution in [2.75, 3.05) is 19.0 Å². The summed E-state index contributed by atoms with van der Waals surface area (Å²) in [5, 5.41) is 9.49. The van der Waals surface area contributed by atoms with Gasteiger partial charge in [0.25, 0.3) is 0 Å². The van der Waals surface area contributed by atoms with E-state index in [2.05, 4.69) is 4.98 Å². The van der Waals surface area contributed by atoms with Crippen LogP contribution < -0.4 is 16.3 Å². The number of aromatic nitrogens is 3. The van der Waals surface area contributed by atoms with Gasteiger partial charge < -0.3 is 10.0 Å². The predicted octanol–water partition coefficient (Wildman–Crippen LogP) is -0.516. The van der Waals surface area contributed by atoms with Crippen molar-refractivity contribution in [3.05, 3.63) is 21.0 Å². The minimum atomic E-state index is -0.506. The molecule has 106 valence electrons. The zero-order chi connectivity index (χ0) is 14.2. The summed E-state index contributed by atoms with van der Waals surface area (Å²) < 4.78 is 2.60. The Hall–Kier alpha value is -1.63. The highest BCUT2D eigenvalue weighted by Crippen LogP contribution is 2.26. The lowest BCUT2D eigenvalue weighted by Crippen LogP contribution is -2.45. The number of aliphatic hydroxyl groups excluding tert-OH is 1. The summed E-state index contributed by atoms with van der Waals surface area (Å²) in [7, 11) is 5.09. The lowest BCUT2D eigenvalue weighted by Gasteiger charge is -2.27.